The van der Waals surface area contributed by atoms with E-state index < -0.39 is 5.97 Å². The van der Waals surface area contributed by atoms with Gasteiger partial charge in [-0.3, -0.25) is 9.59 Å². The number of amides is 1. The van der Waals surface area contributed by atoms with Gasteiger partial charge in [-0.15, -0.1) is 11.8 Å². The lowest BCUT2D eigenvalue weighted by Crippen LogP contribution is -2.36. The molecule has 110 valence electrons. The number of thioether (sulfide) groups is 1. The van der Waals surface area contributed by atoms with Crippen LogP contribution in [-0.2, 0) is 9.59 Å². The molecule has 0 atom stereocenters. The Balaban J connectivity index is 2.40. The summed E-state index contributed by atoms with van der Waals surface area (Å²) in [4.78, 5) is 25.1. The lowest BCUT2D eigenvalue weighted by Gasteiger charge is -2.19. The SMILES string of the molecule is CCCN(CC(=O)O)C(=O)CCSc1ccc(Cl)cc1. The van der Waals surface area contributed by atoms with Crippen molar-refractivity contribution in [2.24, 2.45) is 0 Å². The lowest BCUT2D eigenvalue weighted by atomic mass is 10.3. The van der Waals surface area contributed by atoms with Crippen LogP contribution in [0.5, 0.6) is 0 Å². The highest BCUT2D eigenvalue weighted by Crippen LogP contribution is 2.21. The molecule has 0 fully saturated rings. The molecular formula is C14H18ClNO3S. The zero-order chi connectivity index (χ0) is 15.0. The van der Waals surface area contributed by atoms with Crippen molar-refractivity contribution < 1.29 is 14.7 Å². The summed E-state index contributed by atoms with van der Waals surface area (Å²) in [6.45, 7) is 2.18. The molecule has 0 bridgehead atoms. The summed E-state index contributed by atoms with van der Waals surface area (Å²) in [5.41, 5.74) is 0. The van der Waals surface area contributed by atoms with Crippen molar-refractivity contribution in [3.05, 3.63) is 29.3 Å². The Bertz CT molecular complexity index is 450. The van der Waals surface area contributed by atoms with Gasteiger partial charge in [0.2, 0.25) is 5.91 Å². The van der Waals surface area contributed by atoms with Crippen LogP contribution in [0, 0.1) is 0 Å². The summed E-state index contributed by atoms with van der Waals surface area (Å²) in [7, 11) is 0. The third-order valence-electron chi connectivity index (χ3n) is 2.57. The molecule has 4 nitrogen and oxygen atoms in total. The van der Waals surface area contributed by atoms with Crippen molar-refractivity contribution in [2.75, 3.05) is 18.8 Å². The predicted octanol–water partition coefficient (Wildman–Crippen LogP) is 3.15. The average Bonchev–Trinajstić information content (AvgIpc) is 2.40. The van der Waals surface area contributed by atoms with Gasteiger partial charge in [-0.05, 0) is 30.7 Å². The monoisotopic (exact) mass is 315 g/mol. The number of hydrogen-bond acceptors (Lipinski definition) is 3. The fourth-order valence-electron chi connectivity index (χ4n) is 1.67. The fourth-order valence-corrected chi connectivity index (χ4v) is 2.64. The first-order valence-corrected chi connectivity index (χ1v) is 7.77. The molecule has 0 unspecified atom stereocenters. The first-order valence-electron chi connectivity index (χ1n) is 6.41. The zero-order valence-electron chi connectivity index (χ0n) is 11.3. The van der Waals surface area contributed by atoms with E-state index >= 15 is 0 Å². The zero-order valence-corrected chi connectivity index (χ0v) is 12.9. The second-order valence-corrected chi connectivity index (χ2v) is 5.87. The fraction of sp³-hybridized carbons (Fsp3) is 0.429. The van der Waals surface area contributed by atoms with E-state index in [1.165, 1.54) is 4.90 Å². The molecule has 0 radical (unpaired) electrons. The maximum Gasteiger partial charge on any atom is 0.323 e. The van der Waals surface area contributed by atoms with Gasteiger partial charge in [-0.25, -0.2) is 0 Å². The van der Waals surface area contributed by atoms with Crippen molar-refractivity contribution in [3.8, 4) is 0 Å². The van der Waals surface area contributed by atoms with Crippen molar-refractivity contribution >= 4 is 35.2 Å². The maximum atomic E-state index is 11.9. The second kappa shape index (κ2) is 8.87. The van der Waals surface area contributed by atoms with Crippen LogP contribution in [0.25, 0.3) is 0 Å². The van der Waals surface area contributed by atoms with E-state index in [0.29, 0.717) is 23.7 Å². The number of halogens is 1. The molecule has 0 aromatic heterocycles. The molecule has 1 amide bonds. The van der Waals surface area contributed by atoms with Gasteiger partial charge in [-0.2, -0.15) is 0 Å². The number of nitrogens with zero attached hydrogens (tertiary/aromatic N) is 1. The standard InChI is InChI=1S/C14H18ClNO3S/c1-2-8-16(10-14(18)19)13(17)7-9-20-12-5-3-11(15)4-6-12/h3-6H,2,7-10H2,1H3,(H,18,19). The Hall–Kier alpha value is -1.20. The van der Waals surface area contributed by atoms with Crippen LogP contribution in [-0.4, -0.2) is 40.7 Å². The molecule has 20 heavy (non-hydrogen) atoms. The summed E-state index contributed by atoms with van der Waals surface area (Å²) in [5, 5.41) is 9.46. The molecule has 0 aliphatic rings. The van der Waals surface area contributed by atoms with Crippen LogP contribution in [0.2, 0.25) is 5.02 Å². The summed E-state index contributed by atoms with van der Waals surface area (Å²) < 4.78 is 0. The number of carbonyl (C=O) groups excluding carboxylic acids is 1. The number of aliphatic carboxylic acids is 1. The molecule has 0 saturated heterocycles. The van der Waals surface area contributed by atoms with Crippen molar-refractivity contribution in [1.29, 1.82) is 0 Å². The number of rotatable bonds is 8. The second-order valence-electron chi connectivity index (χ2n) is 4.26. The third kappa shape index (κ3) is 6.30. The minimum absolute atomic E-state index is 0.115. The summed E-state index contributed by atoms with van der Waals surface area (Å²) in [5.74, 6) is -0.465. The number of hydrogen-bond donors (Lipinski definition) is 1. The van der Waals surface area contributed by atoms with E-state index in [2.05, 4.69) is 0 Å². The Morgan fingerprint density at radius 1 is 1.30 bits per heavy atom. The number of carbonyl (C=O) groups is 2. The predicted molar refractivity (Wildman–Crippen MR) is 81.3 cm³/mol. The molecule has 1 aromatic rings. The minimum atomic E-state index is -0.975. The van der Waals surface area contributed by atoms with Crippen LogP contribution in [0.1, 0.15) is 19.8 Å². The topological polar surface area (TPSA) is 57.6 Å². The third-order valence-corrected chi connectivity index (χ3v) is 3.84. The van der Waals surface area contributed by atoms with E-state index in [-0.39, 0.29) is 12.5 Å². The lowest BCUT2D eigenvalue weighted by molar-refractivity contribution is -0.144. The molecule has 1 N–H and O–H groups in total. The maximum absolute atomic E-state index is 11.9. The van der Waals surface area contributed by atoms with E-state index in [9.17, 15) is 9.59 Å². The number of carboxylic acids is 1. The van der Waals surface area contributed by atoms with Gasteiger partial charge in [-0.1, -0.05) is 18.5 Å². The van der Waals surface area contributed by atoms with E-state index in [1.54, 1.807) is 23.9 Å². The van der Waals surface area contributed by atoms with E-state index in [4.69, 9.17) is 16.7 Å². The Kier molecular flexibility index (Phi) is 7.47. The molecule has 1 aromatic carbocycles. The van der Waals surface area contributed by atoms with Crippen LogP contribution < -0.4 is 0 Å². The molecule has 0 saturated carbocycles. The largest absolute Gasteiger partial charge is 0.480 e. The van der Waals surface area contributed by atoms with Crippen LogP contribution in [0.15, 0.2) is 29.2 Å². The van der Waals surface area contributed by atoms with Crippen molar-refractivity contribution in [3.63, 3.8) is 0 Å². The van der Waals surface area contributed by atoms with Gasteiger partial charge < -0.3 is 10.0 Å². The number of benzene rings is 1. The molecule has 0 heterocycles. The molecule has 0 aliphatic heterocycles. The first-order chi connectivity index (χ1) is 9.52. The highest BCUT2D eigenvalue weighted by molar-refractivity contribution is 7.99. The minimum Gasteiger partial charge on any atom is -0.480 e. The van der Waals surface area contributed by atoms with E-state index in [1.807, 2.05) is 19.1 Å². The summed E-state index contributed by atoms with van der Waals surface area (Å²) in [6, 6.07) is 7.41. The van der Waals surface area contributed by atoms with Gasteiger partial charge in [0, 0.05) is 28.6 Å². The highest BCUT2D eigenvalue weighted by Gasteiger charge is 2.15. The molecule has 0 aliphatic carbocycles. The Morgan fingerprint density at radius 2 is 1.95 bits per heavy atom. The molecule has 1 rings (SSSR count). The van der Waals surface area contributed by atoms with Crippen molar-refractivity contribution in [1.82, 2.24) is 4.90 Å². The van der Waals surface area contributed by atoms with E-state index in [0.717, 1.165) is 11.3 Å². The Morgan fingerprint density at radius 3 is 2.50 bits per heavy atom. The Labute approximate surface area is 128 Å². The normalized spacial score (nSPS) is 10.3. The summed E-state index contributed by atoms with van der Waals surface area (Å²) >= 11 is 7.35. The highest BCUT2D eigenvalue weighted by atomic mass is 35.5. The van der Waals surface area contributed by atoms with Gasteiger partial charge in [0.05, 0.1) is 0 Å². The van der Waals surface area contributed by atoms with Crippen LogP contribution in [0.4, 0.5) is 0 Å². The summed E-state index contributed by atoms with van der Waals surface area (Å²) in [6.07, 6.45) is 1.09. The quantitative estimate of drug-likeness (QED) is 0.749. The van der Waals surface area contributed by atoms with Crippen LogP contribution in [0.3, 0.4) is 0 Å². The van der Waals surface area contributed by atoms with Gasteiger partial charge in [0.15, 0.2) is 0 Å². The van der Waals surface area contributed by atoms with Gasteiger partial charge >= 0.3 is 5.97 Å². The molecular weight excluding hydrogens is 298 g/mol. The average molecular weight is 316 g/mol. The van der Waals surface area contributed by atoms with Gasteiger partial charge in [0.1, 0.15) is 6.54 Å². The van der Waals surface area contributed by atoms with Crippen molar-refractivity contribution in [2.45, 2.75) is 24.7 Å². The smallest absolute Gasteiger partial charge is 0.323 e. The van der Waals surface area contributed by atoms with Gasteiger partial charge in [0.25, 0.3) is 0 Å². The number of carboxylic acid groups (broad SMARTS) is 1. The van der Waals surface area contributed by atoms with Crippen LogP contribution >= 0.6 is 23.4 Å². The molecule has 6 heteroatoms. The first kappa shape index (κ1) is 16.9. The molecule has 0 spiro atoms.